The van der Waals surface area contributed by atoms with Crippen LogP contribution < -0.4 is 10.6 Å². The van der Waals surface area contributed by atoms with Crippen LogP contribution in [0.4, 0.5) is 5.69 Å². The zero-order valence-electron chi connectivity index (χ0n) is 11.4. The molecule has 6 nitrogen and oxygen atoms in total. The Bertz CT molecular complexity index is 520. The molecule has 1 fully saturated rings. The Morgan fingerprint density at radius 3 is 2.52 bits per heavy atom. The summed E-state index contributed by atoms with van der Waals surface area (Å²) in [7, 11) is 0. The van der Waals surface area contributed by atoms with E-state index in [-0.39, 0.29) is 12.0 Å². The first-order valence-corrected chi connectivity index (χ1v) is 7.03. The third kappa shape index (κ3) is 3.93. The monoisotopic (exact) mass is 312 g/mol. The lowest BCUT2D eigenvalue weighted by molar-refractivity contribution is -0.138. The van der Waals surface area contributed by atoms with Crippen molar-refractivity contribution in [1.29, 1.82) is 0 Å². The molecule has 1 aliphatic heterocycles. The average molecular weight is 313 g/mol. The summed E-state index contributed by atoms with van der Waals surface area (Å²) in [6.07, 6.45) is 0.461. The number of carbonyl (C=O) groups excluding carboxylic acids is 1. The molecular weight excluding hydrogens is 296 g/mol. The fourth-order valence-corrected chi connectivity index (χ4v) is 2.41. The Kier molecular flexibility index (Phi) is 5.17. The lowest BCUT2D eigenvalue weighted by Crippen LogP contribution is -2.42. The Balaban J connectivity index is 2.17. The highest BCUT2D eigenvalue weighted by Crippen LogP contribution is 2.24. The van der Waals surface area contributed by atoms with Gasteiger partial charge in [0.05, 0.1) is 6.10 Å². The normalized spacial score (nSPS) is 21.2. The molecule has 2 unspecified atom stereocenters. The predicted molar refractivity (Wildman–Crippen MR) is 78.4 cm³/mol. The van der Waals surface area contributed by atoms with E-state index in [1.54, 1.807) is 24.3 Å². The van der Waals surface area contributed by atoms with Crippen LogP contribution in [0.2, 0.25) is 5.02 Å². The number of benzene rings is 1. The van der Waals surface area contributed by atoms with Crippen molar-refractivity contribution in [3.8, 4) is 0 Å². The van der Waals surface area contributed by atoms with Crippen molar-refractivity contribution in [3.05, 3.63) is 29.3 Å². The SMILES string of the molecule is NCC1CCC(C(=O)N(CC(=O)O)c2ccc(Cl)cc2)O1. The van der Waals surface area contributed by atoms with Crippen molar-refractivity contribution in [2.24, 2.45) is 5.73 Å². The van der Waals surface area contributed by atoms with Crippen molar-refractivity contribution < 1.29 is 19.4 Å². The van der Waals surface area contributed by atoms with E-state index in [0.29, 0.717) is 30.1 Å². The summed E-state index contributed by atoms with van der Waals surface area (Å²) in [4.78, 5) is 24.7. The molecule has 0 saturated carbocycles. The summed E-state index contributed by atoms with van der Waals surface area (Å²) in [5.41, 5.74) is 6.00. The van der Waals surface area contributed by atoms with Crippen LogP contribution in [0.3, 0.4) is 0 Å². The van der Waals surface area contributed by atoms with E-state index >= 15 is 0 Å². The summed E-state index contributed by atoms with van der Waals surface area (Å²) in [6.45, 7) is -0.0721. The molecule has 2 atom stereocenters. The van der Waals surface area contributed by atoms with E-state index in [4.69, 9.17) is 27.2 Å². The standard InChI is InChI=1S/C14H17ClN2O4/c15-9-1-3-10(4-2-9)17(8-13(18)19)14(20)12-6-5-11(7-16)21-12/h1-4,11-12H,5-8,16H2,(H,18,19). The number of amides is 1. The number of hydrogen-bond donors (Lipinski definition) is 2. The summed E-state index contributed by atoms with van der Waals surface area (Å²) >= 11 is 5.81. The van der Waals surface area contributed by atoms with Gasteiger partial charge in [0.2, 0.25) is 0 Å². The van der Waals surface area contributed by atoms with Crippen LogP contribution in [-0.4, -0.2) is 42.3 Å². The summed E-state index contributed by atoms with van der Waals surface area (Å²) in [5.74, 6) is -1.46. The van der Waals surface area contributed by atoms with Gasteiger partial charge in [-0.2, -0.15) is 0 Å². The molecule has 0 aliphatic carbocycles. The second-order valence-corrected chi connectivity index (χ2v) is 5.29. The van der Waals surface area contributed by atoms with Crippen molar-refractivity contribution in [2.75, 3.05) is 18.0 Å². The van der Waals surface area contributed by atoms with E-state index in [1.807, 2.05) is 0 Å². The molecule has 1 aromatic rings. The molecule has 2 rings (SSSR count). The van der Waals surface area contributed by atoms with Gasteiger partial charge in [0.25, 0.3) is 5.91 Å². The number of ether oxygens (including phenoxy) is 1. The second-order valence-electron chi connectivity index (χ2n) is 4.85. The number of halogens is 1. The van der Waals surface area contributed by atoms with Crippen molar-refractivity contribution in [3.63, 3.8) is 0 Å². The molecule has 114 valence electrons. The topological polar surface area (TPSA) is 92.9 Å². The van der Waals surface area contributed by atoms with Crippen LogP contribution in [0.15, 0.2) is 24.3 Å². The fraction of sp³-hybridized carbons (Fsp3) is 0.429. The molecule has 1 amide bonds. The first-order chi connectivity index (χ1) is 10.0. The highest BCUT2D eigenvalue weighted by molar-refractivity contribution is 6.30. The molecule has 1 heterocycles. The van der Waals surface area contributed by atoms with Crippen molar-refractivity contribution in [1.82, 2.24) is 0 Å². The number of hydrogen-bond acceptors (Lipinski definition) is 4. The van der Waals surface area contributed by atoms with Crippen LogP contribution >= 0.6 is 11.6 Å². The Hall–Kier alpha value is -1.63. The third-order valence-corrected chi connectivity index (χ3v) is 3.60. The first kappa shape index (κ1) is 15.8. The van der Waals surface area contributed by atoms with Crippen LogP contribution in [0.25, 0.3) is 0 Å². The number of carboxylic acid groups (broad SMARTS) is 1. The number of nitrogens with two attached hydrogens (primary N) is 1. The van der Waals surface area contributed by atoms with Gasteiger partial charge in [-0.25, -0.2) is 0 Å². The maximum atomic E-state index is 12.5. The molecule has 1 aliphatic rings. The van der Waals surface area contributed by atoms with Crippen molar-refractivity contribution >= 4 is 29.2 Å². The maximum Gasteiger partial charge on any atom is 0.323 e. The van der Waals surface area contributed by atoms with Gasteiger partial charge in [-0.15, -0.1) is 0 Å². The number of aliphatic carboxylic acids is 1. The summed E-state index contributed by atoms with van der Waals surface area (Å²) in [6, 6.07) is 6.44. The molecule has 3 N–H and O–H groups in total. The summed E-state index contributed by atoms with van der Waals surface area (Å²) in [5, 5.41) is 9.52. The van der Waals surface area contributed by atoms with Crippen LogP contribution in [0, 0.1) is 0 Å². The van der Waals surface area contributed by atoms with Crippen LogP contribution in [-0.2, 0) is 14.3 Å². The molecule has 0 radical (unpaired) electrons. The average Bonchev–Trinajstić information content (AvgIpc) is 2.94. The smallest absolute Gasteiger partial charge is 0.323 e. The van der Waals surface area contributed by atoms with Gasteiger partial charge < -0.3 is 15.6 Å². The molecule has 0 aromatic heterocycles. The zero-order valence-corrected chi connectivity index (χ0v) is 12.1. The maximum absolute atomic E-state index is 12.5. The lowest BCUT2D eigenvalue weighted by Gasteiger charge is -2.24. The largest absolute Gasteiger partial charge is 0.480 e. The molecular formula is C14H17ClN2O4. The zero-order chi connectivity index (χ0) is 15.4. The fourth-order valence-electron chi connectivity index (χ4n) is 2.29. The number of carboxylic acids is 1. The summed E-state index contributed by atoms with van der Waals surface area (Å²) < 4.78 is 5.54. The van der Waals surface area contributed by atoms with E-state index in [9.17, 15) is 9.59 Å². The minimum absolute atomic E-state index is 0.143. The number of rotatable bonds is 5. The quantitative estimate of drug-likeness (QED) is 0.854. The lowest BCUT2D eigenvalue weighted by atomic mass is 10.1. The first-order valence-electron chi connectivity index (χ1n) is 6.65. The highest BCUT2D eigenvalue weighted by atomic mass is 35.5. The van der Waals surface area contributed by atoms with E-state index in [1.165, 1.54) is 4.90 Å². The van der Waals surface area contributed by atoms with E-state index in [0.717, 1.165) is 0 Å². The van der Waals surface area contributed by atoms with Gasteiger partial charge in [-0.3, -0.25) is 14.5 Å². The van der Waals surface area contributed by atoms with E-state index < -0.39 is 18.6 Å². The van der Waals surface area contributed by atoms with Gasteiger partial charge in [0, 0.05) is 17.3 Å². The number of anilines is 1. The van der Waals surface area contributed by atoms with E-state index in [2.05, 4.69) is 0 Å². The predicted octanol–water partition coefficient (Wildman–Crippen LogP) is 1.26. The molecule has 0 spiro atoms. The van der Waals surface area contributed by atoms with Crippen molar-refractivity contribution in [2.45, 2.75) is 25.0 Å². The van der Waals surface area contributed by atoms with Gasteiger partial charge in [-0.1, -0.05) is 11.6 Å². The van der Waals surface area contributed by atoms with Gasteiger partial charge in [0.1, 0.15) is 12.6 Å². The van der Waals surface area contributed by atoms with Gasteiger partial charge >= 0.3 is 5.97 Å². The Labute approximate surface area is 127 Å². The Morgan fingerprint density at radius 1 is 1.33 bits per heavy atom. The van der Waals surface area contributed by atoms with Crippen LogP contribution in [0.1, 0.15) is 12.8 Å². The Morgan fingerprint density at radius 2 is 2.00 bits per heavy atom. The number of carbonyl (C=O) groups is 2. The van der Waals surface area contributed by atoms with Gasteiger partial charge in [0.15, 0.2) is 0 Å². The number of nitrogens with zero attached hydrogens (tertiary/aromatic N) is 1. The molecule has 21 heavy (non-hydrogen) atoms. The molecule has 1 saturated heterocycles. The van der Waals surface area contributed by atoms with Crippen LogP contribution in [0.5, 0.6) is 0 Å². The second kappa shape index (κ2) is 6.89. The highest BCUT2D eigenvalue weighted by Gasteiger charge is 2.34. The minimum atomic E-state index is -1.09. The third-order valence-electron chi connectivity index (χ3n) is 3.34. The van der Waals surface area contributed by atoms with Gasteiger partial charge in [-0.05, 0) is 37.1 Å². The minimum Gasteiger partial charge on any atom is -0.480 e. The molecule has 1 aromatic carbocycles. The molecule has 7 heteroatoms. The molecule has 0 bridgehead atoms.